The molecule has 0 aliphatic heterocycles. The van der Waals surface area contributed by atoms with E-state index in [0.717, 1.165) is 17.7 Å². The number of benzene rings is 1. The molecule has 2 N–H and O–H groups in total. The molecule has 1 aromatic carbocycles. The van der Waals surface area contributed by atoms with Gasteiger partial charge in [-0.2, -0.15) is 18.3 Å². The van der Waals surface area contributed by atoms with Gasteiger partial charge in [0.1, 0.15) is 0 Å². The first-order valence-corrected chi connectivity index (χ1v) is 10.6. The zero-order valence-corrected chi connectivity index (χ0v) is 19.4. The van der Waals surface area contributed by atoms with Gasteiger partial charge in [0.2, 0.25) is 5.95 Å². The minimum atomic E-state index is -4.41. The summed E-state index contributed by atoms with van der Waals surface area (Å²) in [5.41, 5.74) is 6.24. The highest BCUT2D eigenvalue weighted by atomic mass is 19.4. The number of allylic oxidation sites excluding steroid dienone is 3. The van der Waals surface area contributed by atoms with Gasteiger partial charge in [-0.3, -0.25) is 9.98 Å². The van der Waals surface area contributed by atoms with E-state index >= 15 is 0 Å². The summed E-state index contributed by atoms with van der Waals surface area (Å²) >= 11 is 0. The third-order valence-corrected chi connectivity index (χ3v) is 4.48. The van der Waals surface area contributed by atoms with Gasteiger partial charge in [0, 0.05) is 17.6 Å². The van der Waals surface area contributed by atoms with Crippen LogP contribution in [0, 0.1) is 6.92 Å². The van der Waals surface area contributed by atoms with Gasteiger partial charge >= 0.3 is 6.18 Å². The first kappa shape index (κ1) is 25.3. The number of aliphatic imine (C=N–C) groups is 1. The van der Waals surface area contributed by atoms with E-state index in [-0.39, 0.29) is 5.95 Å². The predicted molar refractivity (Wildman–Crippen MR) is 133 cm³/mol. The molecule has 3 rings (SSSR count). The fraction of sp³-hybridized carbons (Fsp3) is 0.160. The van der Waals surface area contributed by atoms with Crippen molar-refractivity contribution in [1.82, 2.24) is 15.0 Å². The number of anilines is 3. The zero-order chi connectivity index (χ0) is 25.4. The lowest BCUT2D eigenvalue weighted by Gasteiger charge is -2.10. The summed E-state index contributed by atoms with van der Waals surface area (Å²) in [5, 5.41) is 7.02. The Labute approximate surface area is 201 Å². The summed E-state index contributed by atoms with van der Waals surface area (Å²) in [6.07, 6.45) is 3.95. The lowest BCUT2D eigenvalue weighted by Crippen LogP contribution is -2.08. The molecule has 35 heavy (non-hydrogen) atoms. The summed E-state index contributed by atoms with van der Waals surface area (Å²) in [7, 11) is 0. The van der Waals surface area contributed by atoms with E-state index in [9.17, 15) is 13.2 Å². The molecule has 0 atom stereocenters. The second kappa shape index (κ2) is 11.2. The molecule has 0 amide bonds. The molecule has 0 saturated carbocycles. The third-order valence-electron chi connectivity index (χ3n) is 4.48. The highest BCUT2D eigenvalue weighted by Gasteiger charge is 2.30. The minimum Gasteiger partial charge on any atom is -0.354 e. The number of nitrogens with zero attached hydrogens (tertiary/aromatic N) is 5. The molecule has 0 bridgehead atoms. The SMILES string of the molecule is C=C(C)N=C(/C=C\C)c1nc(N/N=C/c2ccc(Nc3cccc(C(F)(F)F)c3)cn2)ncc1C. The number of hydrogen-bond acceptors (Lipinski definition) is 7. The van der Waals surface area contributed by atoms with Crippen LogP contribution >= 0.6 is 0 Å². The van der Waals surface area contributed by atoms with E-state index in [1.165, 1.54) is 18.5 Å². The van der Waals surface area contributed by atoms with E-state index < -0.39 is 11.7 Å². The van der Waals surface area contributed by atoms with Crippen molar-refractivity contribution < 1.29 is 13.2 Å². The molecule has 2 aromatic heterocycles. The van der Waals surface area contributed by atoms with Crippen LogP contribution in [0.4, 0.5) is 30.5 Å². The van der Waals surface area contributed by atoms with E-state index in [2.05, 4.69) is 42.4 Å². The van der Waals surface area contributed by atoms with Gasteiger partial charge in [-0.05, 0) is 62.7 Å². The molecule has 3 aromatic rings. The van der Waals surface area contributed by atoms with Crippen LogP contribution in [-0.2, 0) is 6.18 Å². The Bertz CT molecular complexity index is 1280. The minimum absolute atomic E-state index is 0.281. The van der Waals surface area contributed by atoms with Crippen molar-refractivity contribution in [3.63, 3.8) is 0 Å². The van der Waals surface area contributed by atoms with Crippen LogP contribution in [0.1, 0.15) is 36.4 Å². The molecule has 180 valence electrons. The van der Waals surface area contributed by atoms with Crippen molar-refractivity contribution in [3.8, 4) is 0 Å². The first-order valence-electron chi connectivity index (χ1n) is 10.6. The smallest absolute Gasteiger partial charge is 0.354 e. The van der Waals surface area contributed by atoms with Crippen molar-refractivity contribution in [2.24, 2.45) is 10.1 Å². The Kier molecular flexibility index (Phi) is 8.08. The van der Waals surface area contributed by atoms with E-state index in [4.69, 9.17) is 0 Å². The lowest BCUT2D eigenvalue weighted by atomic mass is 10.1. The number of halogens is 3. The molecular weight excluding hydrogens is 455 g/mol. The molecule has 0 radical (unpaired) electrons. The quantitative estimate of drug-likeness (QED) is 0.293. The zero-order valence-electron chi connectivity index (χ0n) is 19.4. The van der Waals surface area contributed by atoms with Crippen molar-refractivity contribution in [2.45, 2.75) is 26.9 Å². The monoisotopic (exact) mass is 479 g/mol. The van der Waals surface area contributed by atoms with E-state index in [1.807, 2.05) is 26.0 Å². The molecule has 10 heteroatoms. The molecule has 0 unspecified atom stereocenters. The molecule has 0 fully saturated rings. The Morgan fingerprint density at radius 2 is 1.89 bits per heavy atom. The maximum atomic E-state index is 12.9. The third kappa shape index (κ3) is 7.32. The largest absolute Gasteiger partial charge is 0.416 e. The summed E-state index contributed by atoms with van der Waals surface area (Å²) in [4.78, 5) is 17.4. The van der Waals surface area contributed by atoms with Gasteiger partial charge < -0.3 is 5.32 Å². The summed E-state index contributed by atoms with van der Waals surface area (Å²) in [6.45, 7) is 9.40. The number of rotatable bonds is 8. The van der Waals surface area contributed by atoms with Gasteiger partial charge in [-0.15, -0.1) is 0 Å². The Morgan fingerprint density at radius 3 is 2.54 bits per heavy atom. The molecule has 0 aliphatic carbocycles. The second-order valence-electron chi connectivity index (χ2n) is 7.50. The Morgan fingerprint density at radius 1 is 1.09 bits per heavy atom. The Hall–Kier alpha value is -4.34. The molecule has 2 heterocycles. The number of pyridine rings is 1. The molecule has 7 nitrogen and oxygen atoms in total. The van der Waals surface area contributed by atoms with E-state index in [1.54, 1.807) is 31.3 Å². The van der Waals surface area contributed by atoms with Gasteiger partial charge in [-0.1, -0.05) is 18.7 Å². The van der Waals surface area contributed by atoms with Crippen LogP contribution < -0.4 is 10.7 Å². The van der Waals surface area contributed by atoms with Crippen LogP contribution in [-0.4, -0.2) is 26.9 Å². The second-order valence-corrected chi connectivity index (χ2v) is 7.50. The molecular formula is C25H24F3N7. The average Bonchev–Trinajstić information content (AvgIpc) is 2.80. The normalized spacial score (nSPS) is 12.3. The summed E-state index contributed by atoms with van der Waals surface area (Å²) < 4.78 is 38.7. The van der Waals surface area contributed by atoms with Gasteiger partial charge in [0.15, 0.2) is 0 Å². The number of aromatic nitrogens is 3. The van der Waals surface area contributed by atoms with Crippen molar-refractivity contribution in [3.05, 3.63) is 95.7 Å². The van der Waals surface area contributed by atoms with Crippen LogP contribution in [0.15, 0.2) is 83.3 Å². The fourth-order valence-corrected chi connectivity index (χ4v) is 2.94. The van der Waals surface area contributed by atoms with Crippen molar-refractivity contribution >= 4 is 29.2 Å². The molecule has 0 aliphatic rings. The van der Waals surface area contributed by atoms with Gasteiger partial charge in [0.05, 0.1) is 40.8 Å². The van der Waals surface area contributed by atoms with Gasteiger partial charge in [0.25, 0.3) is 0 Å². The topological polar surface area (TPSA) is 87.5 Å². The highest BCUT2D eigenvalue weighted by Crippen LogP contribution is 2.31. The molecule has 0 saturated heterocycles. The number of hydrazone groups is 1. The van der Waals surface area contributed by atoms with Gasteiger partial charge in [-0.25, -0.2) is 15.4 Å². The fourth-order valence-electron chi connectivity index (χ4n) is 2.94. The summed E-state index contributed by atoms with van der Waals surface area (Å²) in [6, 6.07) is 8.31. The molecule has 0 spiro atoms. The highest BCUT2D eigenvalue weighted by molar-refractivity contribution is 6.08. The Balaban J connectivity index is 1.68. The van der Waals surface area contributed by atoms with E-state index in [0.29, 0.717) is 34.2 Å². The summed E-state index contributed by atoms with van der Waals surface area (Å²) in [5.74, 6) is 0.281. The number of aryl methyl sites for hydroxylation is 1. The van der Waals surface area contributed by atoms with Crippen LogP contribution in [0.2, 0.25) is 0 Å². The predicted octanol–water partition coefficient (Wildman–Crippen LogP) is 6.29. The standard InChI is InChI=1S/C25H24F3N7/c1-5-7-22(32-16(2)3)23-17(4)13-30-24(34-23)35-31-15-20-10-11-21(14-29-20)33-19-9-6-8-18(12-19)25(26,27)28/h5-15,33H,2H2,1,3-4H3,(H,30,34,35)/b7-5-,31-15+,32-22?. The number of hydrogen-bond donors (Lipinski definition) is 2. The average molecular weight is 480 g/mol. The number of alkyl halides is 3. The van der Waals surface area contributed by atoms with Crippen molar-refractivity contribution in [2.75, 3.05) is 10.7 Å². The number of nitrogens with one attached hydrogen (secondary N) is 2. The van der Waals surface area contributed by atoms with Crippen LogP contribution in [0.3, 0.4) is 0 Å². The first-order chi connectivity index (χ1) is 16.7. The van der Waals surface area contributed by atoms with Crippen LogP contribution in [0.25, 0.3) is 0 Å². The lowest BCUT2D eigenvalue weighted by molar-refractivity contribution is -0.137. The van der Waals surface area contributed by atoms with Crippen LogP contribution in [0.5, 0.6) is 0 Å². The van der Waals surface area contributed by atoms with Crippen molar-refractivity contribution in [1.29, 1.82) is 0 Å². The maximum Gasteiger partial charge on any atom is 0.416 e. The maximum absolute atomic E-state index is 12.9.